The minimum absolute atomic E-state index is 0.0483. The van der Waals surface area contributed by atoms with Crippen molar-refractivity contribution in [1.29, 1.82) is 0 Å². The van der Waals surface area contributed by atoms with Crippen LogP contribution in [0.3, 0.4) is 0 Å². The lowest BCUT2D eigenvalue weighted by Crippen LogP contribution is -2.22. The summed E-state index contributed by atoms with van der Waals surface area (Å²) in [5.74, 6) is 0.414. The van der Waals surface area contributed by atoms with E-state index >= 15 is 0 Å². The molecule has 1 aliphatic carbocycles. The average Bonchev–Trinajstić information content (AvgIpc) is 3.45. The third kappa shape index (κ3) is 6.83. The molecule has 2 atom stereocenters. The Morgan fingerprint density at radius 1 is 1.24 bits per heavy atom. The molecule has 0 spiro atoms. The van der Waals surface area contributed by atoms with E-state index in [0.29, 0.717) is 27.7 Å². The van der Waals surface area contributed by atoms with Gasteiger partial charge < -0.3 is 5.32 Å². The van der Waals surface area contributed by atoms with E-state index in [1.165, 1.54) is 23.9 Å². The van der Waals surface area contributed by atoms with E-state index in [4.69, 9.17) is 20.9 Å². The van der Waals surface area contributed by atoms with Gasteiger partial charge in [-0.25, -0.2) is 15.1 Å². The molecule has 4 rings (SSSR count). The third-order valence-electron chi connectivity index (χ3n) is 5.78. The van der Waals surface area contributed by atoms with Crippen LogP contribution in [-0.2, 0) is 27.3 Å². The third-order valence-corrected chi connectivity index (χ3v) is 7.45. The lowest BCUT2D eigenvalue weighted by molar-refractivity contribution is 0.104. The van der Waals surface area contributed by atoms with Gasteiger partial charge in [-0.05, 0) is 72.7 Å². The van der Waals surface area contributed by atoms with Crippen LogP contribution in [0.4, 0.5) is 5.82 Å². The van der Waals surface area contributed by atoms with Crippen LogP contribution in [0.5, 0.6) is 0 Å². The first kappa shape index (κ1) is 24.7. The zero-order valence-electron chi connectivity index (χ0n) is 18.3. The molecule has 0 aliphatic heterocycles. The number of nitrogens with zero attached hydrogens (tertiary/aromatic N) is 2. The van der Waals surface area contributed by atoms with Gasteiger partial charge in [-0.2, -0.15) is 8.42 Å². The van der Waals surface area contributed by atoms with Crippen LogP contribution in [0, 0.1) is 5.92 Å². The number of benzene rings is 1. The molecular formula is C23H25ClN4O4S2. The van der Waals surface area contributed by atoms with Gasteiger partial charge in [0.2, 0.25) is 5.78 Å². The first-order valence-electron chi connectivity index (χ1n) is 10.9. The molecule has 0 bridgehead atoms. The monoisotopic (exact) mass is 520 g/mol. The highest BCUT2D eigenvalue weighted by Crippen LogP contribution is 2.30. The number of aromatic nitrogens is 2. The fourth-order valence-electron chi connectivity index (χ4n) is 4.09. The molecule has 11 heteroatoms. The first-order valence-corrected chi connectivity index (χ1v) is 13.6. The molecule has 0 amide bonds. The van der Waals surface area contributed by atoms with Gasteiger partial charge in [-0.1, -0.05) is 23.7 Å². The van der Waals surface area contributed by atoms with Crippen molar-refractivity contribution in [1.82, 2.24) is 9.97 Å². The highest BCUT2D eigenvalue weighted by atomic mass is 35.5. The van der Waals surface area contributed by atoms with Gasteiger partial charge in [0, 0.05) is 17.3 Å². The maximum atomic E-state index is 13.2. The van der Waals surface area contributed by atoms with Gasteiger partial charge in [0.1, 0.15) is 12.1 Å². The van der Waals surface area contributed by atoms with Crippen LogP contribution >= 0.6 is 22.9 Å². The summed E-state index contributed by atoms with van der Waals surface area (Å²) in [6.07, 6.45) is 6.88. The second-order valence-corrected chi connectivity index (χ2v) is 10.9. The molecule has 1 aliphatic rings. The number of ketones is 1. The molecule has 1 aromatic carbocycles. The SMILES string of the molecule is NS(=O)(=O)OC[C@@H]1CCC(Nc2ncncc2C(=O)c2cc(CCc3cccc(Cl)c3)cs2)C1. The fraction of sp³-hybridized carbons (Fsp3) is 0.348. The number of thiophene rings is 1. The molecular weight excluding hydrogens is 496 g/mol. The second-order valence-electron chi connectivity index (χ2n) is 8.36. The molecule has 34 heavy (non-hydrogen) atoms. The van der Waals surface area contributed by atoms with Gasteiger partial charge in [0.05, 0.1) is 17.0 Å². The van der Waals surface area contributed by atoms with E-state index in [1.54, 1.807) is 0 Å². The highest BCUT2D eigenvalue weighted by molar-refractivity contribution is 7.84. The summed E-state index contributed by atoms with van der Waals surface area (Å²) >= 11 is 7.47. The molecule has 8 nitrogen and oxygen atoms in total. The zero-order chi connectivity index (χ0) is 24.1. The Balaban J connectivity index is 1.38. The van der Waals surface area contributed by atoms with E-state index in [9.17, 15) is 13.2 Å². The van der Waals surface area contributed by atoms with Gasteiger partial charge in [-0.3, -0.25) is 8.98 Å². The number of halogens is 1. The van der Waals surface area contributed by atoms with Crippen molar-refractivity contribution >= 4 is 44.8 Å². The summed E-state index contributed by atoms with van der Waals surface area (Å²) in [7, 11) is -3.95. The summed E-state index contributed by atoms with van der Waals surface area (Å²) < 4.78 is 26.8. The number of nitrogens with two attached hydrogens (primary N) is 1. The maximum absolute atomic E-state index is 13.2. The van der Waals surface area contributed by atoms with Gasteiger partial charge in [0.25, 0.3) is 0 Å². The minimum Gasteiger partial charge on any atom is -0.367 e. The standard InChI is InChI=1S/C23H25ClN4O4S2/c24-18-3-1-2-15(8-18)4-5-17-10-21(33-13-17)22(29)20-11-26-14-27-23(20)28-19-7-6-16(9-19)12-32-34(25,30)31/h1-3,8,10-11,13-14,16,19H,4-7,9,12H2,(H2,25,30,31)(H,26,27,28)/t16-,19?/m1/s1. The largest absolute Gasteiger partial charge is 0.367 e. The summed E-state index contributed by atoms with van der Waals surface area (Å²) in [6, 6.07) is 9.75. The number of nitrogens with one attached hydrogen (secondary N) is 1. The lowest BCUT2D eigenvalue weighted by Gasteiger charge is -2.15. The minimum atomic E-state index is -3.95. The summed E-state index contributed by atoms with van der Waals surface area (Å²) in [6.45, 7) is 0.0553. The van der Waals surface area contributed by atoms with Crippen molar-refractivity contribution in [2.75, 3.05) is 11.9 Å². The Morgan fingerprint density at radius 2 is 2.06 bits per heavy atom. The van der Waals surface area contributed by atoms with E-state index in [0.717, 1.165) is 36.8 Å². The second kappa shape index (κ2) is 10.9. The number of aryl methyl sites for hydroxylation is 2. The summed E-state index contributed by atoms with van der Waals surface area (Å²) in [5, 5.41) is 11.0. The molecule has 3 aromatic rings. The number of carbonyl (C=O) groups excluding carboxylic acids is 1. The molecule has 1 fully saturated rings. The topological polar surface area (TPSA) is 124 Å². The maximum Gasteiger partial charge on any atom is 0.333 e. The molecule has 1 saturated carbocycles. The molecule has 180 valence electrons. The molecule has 1 unspecified atom stereocenters. The Labute approximate surface area is 207 Å². The molecule has 2 aromatic heterocycles. The Hall–Kier alpha value is -2.37. The van der Waals surface area contributed by atoms with Crippen molar-refractivity contribution < 1.29 is 17.4 Å². The Kier molecular flexibility index (Phi) is 7.95. The van der Waals surface area contributed by atoms with E-state index in [-0.39, 0.29) is 24.3 Å². The van der Waals surface area contributed by atoms with Crippen molar-refractivity contribution in [3.05, 3.63) is 74.8 Å². The average molecular weight is 521 g/mol. The summed E-state index contributed by atoms with van der Waals surface area (Å²) in [4.78, 5) is 22.2. The number of anilines is 1. The zero-order valence-corrected chi connectivity index (χ0v) is 20.7. The van der Waals surface area contributed by atoms with E-state index in [1.807, 2.05) is 35.7 Å². The number of rotatable bonds is 10. The predicted octanol–water partition coefficient (Wildman–Crippen LogP) is 4.01. The number of carbonyl (C=O) groups is 1. The predicted molar refractivity (Wildman–Crippen MR) is 132 cm³/mol. The van der Waals surface area contributed by atoms with Crippen molar-refractivity contribution in [3.63, 3.8) is 0 Å². The molecule has 2 heterocycles. The van der Waals surface area contributed by atoms with E-state index in [2.05, 4.69) is 15.3 Å². The Morgan fingerprint density at radius 3 is 2.85 bits per heavy atom. The van der Waals surface area contributed by atoms with Crippen LogP contribution in [0.1, 0.15) is 45.6 Å². The van der Waals surface area contributed by atoms with Gasteiger partial charge in [-0.15, -0.1) is 11.3 Å². The first-order chi connectivity index (χ1) is 16.3. The van der Waals surface area contributed by atoms with Crippen molar-refractivity contribution in [2.24, 2.45) is 11.1 Å². The van der Waals surface area contributed by atoms with Gasteiger partial charge >= 0.3 is 10.3 Å². The van der Waals surface area contributed by atoms with Crippen LogP contribution in [0.15, 0.2) is 48.2 Å². The number of hydrogen-bond acceptors (Lipinski definition) is 8. The molecule has 0 radical (unpaired) electrons. The molecule has 3 N–H and O–H groups in total. The summed E-state index contributed by atoms with van der Waals surface area (Å²) in [5.41, 5.74) is 2.65. The van der Waals surface area contributed by atoms with E-state index < -0.39 is 10.3 Å². The van der Waals surface area contributed by atoms with Crippen LogP contribution in [-0.4, -0.2) is 36.8 Å². The van der Waals surface area contributed by atoms with Gasteiger partial charge in [0.15, 0.2) is 0 Å². The quantitative estimate of drug-likeness (QED) is 0.387. The van der Waals surface area contributed by atoms with Crippen LogP contribution in [0.2, 0.25) is 5.02 Å². The molecule has 0 saturated heterocycles. The van der Waals surface area contributed by atoms with Crippen molar-refractivity contribution in [3.8, 4) is 0 Å². The highest BCUT2D eigenvalue weighted by Gasteiger charge is 2.27. The van der Waals surface area contributed by atoms with Crippen molar-refractivity contribution in [2.45, 2.75) is 38.1 Å². The van der Waals surface area contributed by atoms with Crippen LogP contribution in [0.25, 0.3) is 0 Å². The number of hydrogen-bond donors (Lipinski definition) is 2. The normalized spacial score (nSPS) is 18.2. The fourth-order valence-corrected chi connectivity index (χ4v) is 5.59. The smallest absolute Gasteiger partial charge is 0.333 e. The lowest BCUT2D eigenvalue weighted by atomic mass is 10.1. The Bertz CT molecular complexity index is 1270. The van der Waals surface area contributed by atoms with Crippen LogP contribution < -0.4 is 10.5 Å².